The topological polar surface area (TPSA) is 77.8 Å². The van der Waals surface area contributed by atoms with Crippen LogP contribution >= 0.6 is 0 Å². The number of aliphatic carboxylic acids is 1. The SMILES string of the molecule is CC12CC[C@@H](O)CC1CCC1C2CC(O)C2(C)C(C(=O)O)CC[C@@H]12. The van der Waals surface area contributed by atoms with Crippen LogP contribution in [0.3, 0.4) is 0 Å². The van der Waals surface area contributed by atoms with E-state index >= 15 is 0 Å². The Morgan fingerprint density at radius 2 is 1.71 bits per heavy atom. The molecular weight excluding hydrogens is 304 g/mol. The van der Waals surface area contributed by atoms with Crippen LogP contribution in [0.25, 0.3) is 0 Å². The highest BCUT2D eigenvalue weighted by Gasteiger charge is 2.64. The van der Waals surface area contributed by atoms with Crippen LogP contribution in [0.5, 0.6) is 0 Å². The van der Waals surface area contributed by atoms with Crippen molar-refractivity contribution in [3.63, 3.8) is 0 Å². The lowest BCUT2D eigenvalue weighted by Crippen LogP contribution is -2.59. The van der Waals surface area contributed by atoms with E-state index in [0.717, 1.165) is 51.4 Å². The Labute approximate surface area is 144 Å². The Hall–Kier alpha value is -0.610. The summed E-state index contributed by atoms with van der Waals surface area (Å²) in [5, 5.41) is 30.8. The van der Waals surface area contributed by atoms with Gasteiger partial charge in [-0.3, -0.25) is 4.79 Å². The van der Waals surface area contributed by atoms with E-state index in [2.05, 4.69) is 6.92 Å². The third-order valence-corrected chi connectivity index (χ3v) is 9.04. The van der Waals surface area contributed by atoms with Crippen molar-refractivity contribution in [2.24, 2.45) is 40.4 Å². The van der Waals surface area contributed by atoms with Gasteiger partial charge in [-0.15, -0.1) is 0 Å². The van der Waals surface area contributed by atoms with E-state index in [1.807, 2.05) is 6.92 Å². The van der Waals surface area contributed by atoms with Gasteiger partial charge in [-0.2, -0.15) is 0 Å². The fourth-order valence-corrected chi connectivity index (χ4v) is 7.61. The summed E-state index contributed by atoms with van der Waals surface area (Å²) in [5.41, 5.74) is -0.240. The zero-order chi connectivity index (χ0) is 17.3. The number of rotatable bonds is 1. The number of carboxylic acid groups (broad SMARTS) is 1. The highest BCUT2D eigenvalue weighted by Crippen LogP contribution is 2.67. The van der Waals surface area contributed by atoms with Crippen molar-refractivity contribution in [2.75, 3.05) is 0 Å². The third-order valence-electron chi connectivity index (χ3n) is 9.04. The maximum absolute atomic E-state index is 11.8. The molecule has 4 nitrogen and oxygen atoms in total. The van der Waals surface area contributed by atoms with Gasteiger partial charge in [0.1, 0.15) is 0 Å². The maximum atomic E-state index is 11.8. The first-order chi connectivity index (χ1) is 11.3. The first-order valence-corrected chi connectivity index (χ1v) is 9.87. The van der Waals surface area contributed by atoms with Gasteiger partial charge >= 0.3 is 5.97 Å². The van der Waals surface area contributed by atoms with Gasteiger partial charge < -0.3 is 15.3 Å². The molecule has 0 aromatic rings. The van der Waals surface area contributed by atoms with Crippen molar-refractivity contribution in [1.82, 2.24) is 0 Å². The summed E-state index contributed by atoms with van der Waals surface area (Å²) in [5.74, 6) is 0.840. The maximum Gasteiger partial charge on any atom is 0.307 e. The minimum absolute atomic E-state index is 0.152. The Kier molecular flexibility index (Phi) is 3.82. The molecule has 136 valence electrons. The lowest BCUT2D eigenvalue weighted by atomic mass is 9.44. The van der Waals surface area contributed by atoms with Gasteiger partial charge in [0.15, 0.2) is 0 Å². The van der Waals surface area contributed by atoms with E-state index in [0.29, 0.717) is 23.7 Å². The fraction of sp³-hybridized carbons (Fsp3) is 0.950. The molecular formula is C20H32O4. The molecule has 4 saturated carbocycles. The van der Waals surface area contributed by atoms with Gasteiger partial charge in [0.25, 0.3) is 0 Å². The summed E-state index contributed by atoms with van der Waals surface area (Å²) < 4.78 is 0. The largest absolute Gasteiger partial charge is 0.481 e. The van der Waals surface area contributed by atoms with Gasteiger partial charge in [-0.05, 0) is 80.5 Å². The lowest BCUT2D eigenvalue weighted by molar-refractivity contribution is -0.180. The highest BCUT2D eigenvalue weighted by atomic mass is 16.4. The second-order valence-electron chi connectivity index (χ2n) is 9.67. The van der Waals surface area contributed by atoms with Gasteiger partial charge in [0.2, 0.25) is 0 Å². The normalized spacial score (nSPS) is 56.9. The monoisotopic (exact) mass is 336 g/mol. The highest BCUT2D eigenvalue weighted by molar-refractivity contribution is 5.71. The van der Waals surface area contributed by atoms with Crippen LogP contribution in [-0.4, -0.2) is 33.5 Å². The van der Waals surface area contributed by atoms with Crippen LogP contribution < -0.4 is 0 Å². The quantitative estimate of drug-likeness (QED) is 0.688. The van der Waals surface area contributed by atoms with E-state index in [1.54, 1.807) is 0 Å². The summed E-state index contributed by atoms with van der Waals surface area (Å²) in [6.07, 6.45) is 6.93. The average Bonchev–Trinajstić information content (AvgIpc) is 2.88. The molecule has 0 aromatic carbocycles. The van der Waals surface area contributed by atoms with Gasteiger partial charge in [0.05, 0.1) is 18.1 Å². The summed E-state index contributed by atoms with van der Waals surface area (Å²) in [7, 11) is 0. The Balaban J connectivity index is 1.66. The molecule has 24 heavy (non-hydrogen) atoms. The fourth-order valence-electron chi connectivity index (χ4n) is 7.61. The minimum atomic E-state index is -0.724. The first-order valence-electron chi connectivity index (χ1n) is 9.87. The third kappa shape index (κ3) is 2.08. The zero-order valence-corrected chi connectivity index (χ0v) is 14.9. The molecule has 4 heteroatoms. The molecule has 7 unspecified atom stereocenters. The number of aliphatic hydroxyl groups is 2. The predicted octanol–water partition coefficient (Wildman–Crippen LogP) is 3.06. The summed E-state index contributed by atoms with van der Waals surface area (Å²) >= 11 is 0. The standard InChI is InChI=1S/C20H32O4/c1-19-8-7-12(21)9-11(19)3-4-13-14-5-6-15(18(23)24)20(14,2)17(22)10-16(13)19/h11-17,21-22H,3-10H2,1-2H3,(H,23,24)/t11?,12-,13?,14+,15?,16?,17?,19?,20?/m1/s1. The van der Waals surface area contributed by atoms with E-state index in [4.69, 9.17) is 0 Å². The number of hydrogen-bond acceptors (Lipinski definition) is 3. The number of carbonyl (C=O) groups is 1. The number of carboxylic acids is 1. The van der Waals surface area contributed by atoms with Crippen LogP contribution in [-0.2, 0) is 4.79 Å². The molecule has 0 aliphatic heterocycles. The minimum Gasteiger partial charge on any atom is -0.481 e. The second kappa shape index (κ2) is 5.44. The molecule has 4 fully saturated rings. The predicted molar refractivity (Wildman–Crippen MR) is 90.2 cm³/mol. The summed E-state index contributed by atoms with van der Waals surface area (Å²) in [6, 6.07) is 0. The molecule has 0 aromatic heterocycles. The zero-order valence-electron chi connectivity index (χ0n) is 14.9. The number of fused-ring (bicyclic) bond motifs is 5. The summed E-state index contributed by atoms with van der Waals surface area (Å²) in [4.78, 5) is 11.8. The van der Waals surface area contributed by atoms with E-state index in [-0.39, 0.29) is 11.5 Å². The Bertz CT molecular complexity index is 534. The van der Waals surface area contributed by atoms with Crippen molar-refractivity contribution in [3.05, 3.63) is 0 Å². The van der Waals surface area contributed by atoms with Crippen LogP contribution in [0.2, 0.25) is 0 Å². The molecule has 0 amide bonds. The molecule has 4 aliphatic rings. The van der Waals surface area contributed by atoms with Crippen LogP contribution in [0.15, 0.2) is 0 Å². The molecule has 3 N–H and O–H groups in total. The average molecular weight is 336 g/mol. The van der Waals surface area contributed by atoms with E-state index < -0.39 is 23.4 Å². The molecule has 4 rings (SSSR count). The Morgan fingerprint density at radius 1 is 0.958 bits per heavy atom. The van der Waals surface area contributed by atoms with Crippen LogP contribution in [0, 0.1) is 40.4 Å². The van der Waals surface area contributed by atoms with Gasteiger partial charge in [-0.25, -0.2) is 0 Å². The van der Waals surface area contributed by atoms with E-state index in [9.17, 15) is 20.1 Å². The molecule has 0 bridgehead atoms. The lowest BCUT2D eigenvalue weighted by Gasteiger charge is -2.61. The Morgan fingerprint density at radius 3 is 2.42 bits per heavy atom. The van der Waals surface area contributed by atoms with Crippen molar-refractivity contribution < 1.29 is 20.1 Å². The van der Waals surface area contributed by atoms with Crippen LogP contribution in [0.1, 0.15) is 65.2 Å². The molecule has 0 saturated heterocycles. The molecule has 0 spiro atoms. The molecule has 0 radical (unpaired) electrons. The second-order valence-corrected chi connectivity index (χ2v) is 9.67. The number of hydrogen-bond donors (Lipinski definition) is 3. The van der Waals surface area contributed by atoms with Crippen molar-refractivity contribution in [3.8, 4) is 0 Å². The first kappa shape index (κ1) is 16.8. The van der Waals surface area contributed by atoms with Crippen molar-refractivity contribution >= 4 is 5.97 Å². The molecule has 4 aliphatic carbocycles. The van der Waals surface area contributed by atoms with Crippen molar-refractivity contribution in [2.45, 2.75) is 77.4 Å². The smallest absolute Gasteiger partial charge is 0.307 e. The number of aliphatic hydroxyl groups excluding tert-OH is 2. The van der Waals surface area contributed by atoms with Crippen LogP contribution in [0.4, 0.5) is 0 Å². The molecule has 9 atom stereocenters. The van der Waals surface area contributed by atoms with Gasteiger partial charge in [0, 0.05) is 5.41 Å². The van der Waals surface area contributed by atoms with Crippen molar-refractivity contribution in [1.29, 1.82) is 0 Å². The molecule has 0 heterocycles. The van der Waals surface area contributed by atoms with E-state index in [1.165, 1.54) is 0 Å². The summed E-state index contributed by atoms with van der Waals surface area (Å²) in [6.45, 7) is 4.43. The van der Waals surface area contributed by atoms with Gasteiger partial charge in [-0.1, -0.05) is 13.8 Å².